The Morgan fingerprint density at radius 3 is 2.88 bits per heavy atom. The van der Waals surface area contributed by atoms with Gasteiger partial charge in [-0.25, -0.2) is 19.2 Å². The minimum absolute atomic E-state index is 0.0298. The van der Waals surface area contributed by atoms with Crippen LogP contribution in [0.3, 0.4) is 0 Å². The largest absolute Gasteiger partial charge is 0.356 e. The first-order valence-electron chi connectivity index (χ1n) is 10.8. The molecular formula is C23H23F2N5O3. The highest BCUT2D eigenvalue weighted by atomic mass is 19.1. The molecule has 0 radical (unpaired) electrons. The maximum absolute atomic E-state index is 14.3. The summed E-state index contributed by atoms with van der Waals surface area (Å²) >= 11 is 0. The maximum Gasteiger partial charge on any atom is 0.293 e. The summed E-state index contributed by atoms with van der Waals surface area (Å²) in [6, 6.07) is 5.05. The molecule has 0 bridgehead atoms. The van der Waals surface area contributed by atoms with E-state index in [-0.39, 0.29) is 24.1 Å². The van der Waals surface area contributed by atoms with Gasteiger partial charge in [-0.3, -0.25) is 19.7 Å². The van der Waals surface area contributed by atoms with Crippen LogP contribution in [0.1, 0.15) is 28.0 Å². The van der Waals surface area contributed by atoms with Gasteiger partial charge in [0, 0.05) is 42.8 Å². The SMILES string of the molecule is O=C(NO)c1cc2c(CN3CC[C@H]4CNC(=O)[C@@H]4C3)cn(Cc3ccc(F)cc3F)c2cn1. The zero-order valence-electron chi connectivity index (χ0n) is 17.7. The Morgan fingerprint density at radius 1 is 1.24 bits per heavy atom. The van der Waals surface area contributed by atoms with Crippen LogP contribution in [0.4, 0.5) is 8.78 Å². The zero-order chi connectivity index (χ0) is 23.1. The molecule has 0 spiro atoms. The number of hydrogen-bond donors (Lipinski definition) is 3. The first-order valence-corrected chi connectivity index (χ1v) is 10.8. The van der Waals surface area contributed by atoms with Crippen molar-refractivity contribution in [3.8, 4) is 0 Å². The highest BCUT2D eigenvalue weighted by Crippen LogP contribution is 2.30. The fourth-order valence-electron chi connectivity index (χ4n) is 4.89. The standard InChI is InChI=1S/C23H23F2N5O3/c24-16-2-1-14(19(25)5-16)10-30-11-15(17-6-20(23(32)28-33)26-8-21(17)30)9-29-4-3-13-7-27-22(31)18(13)12-29/h1-2,5-6,8,11,13,18,33H,3-4,7,9-10,12H2,(H,27,31)(H,28,32)/t13-,18+/m0/s1. The van der Waals surface area contributed by atoms with Crippen molar-refractivity contribution in [1.82, 2.24) is 25.2 Å². The minimum Gasteiger partial charge on any atom is -0.356 e. The molecule has 1 aromatic carbocycles. The first-order chi connectivity index (χ1) is 15.9. The number of carbonyl (C=O) groups is 2. The van der Waals surface area contributed by atoms with Gasteiger partial charge in [0.2, 0.25) is 5.91 Å². The average Bonchev–Trinajstić information content (AvgIpc) is 3.35. The summed E-state index contributed by atoms with van der Waals surface area (Å²) < 4.78 is 29.4. The van der Waals surface area contributed by atoms with Crippen molar-refractivity contribution in [2.45, 2.75) is 19.5 Å². The Kier molecular flexibility index (Phi) is 5.55. The summed E-state index contributed by atoms with van der Waals surface area (Å²) in [6.45, 7) is 2.90. The van der Waals surface area contributed by atoms with Crippen LogP contribution in [0, 0.1) is 23.5 Å². The van der Waals surface area contributed by atoms with Crippen molar-refractivity contribution in [3.05, 3.63) is 65.1 Å². The summed E-state index contributed by atoms with van der Waals surface area (Å²) in [5.74, 6) is -1.60. The molecule has 2 amide bonds. The lowest BCUT2D eigenvalue weighted by Gasteiger charge is -2.33. The molecule has 0 unspecified atom stereocenters. The van der Waals surface area contributed by atoms with Gasteiger partial charge in [0.05, 0.1) is 24.2 Å². The van der Waals surface area contributed by atoms with Crippen LogP contribution < -0.4 is 10.8 Å². The molecule has 2 fully saturated rings. The molecule has 2 saturated heterocycles. The predicted octanol–water partition coefficient (Wildman–Crippen LogP) is 2.05. The van der Waals surface area contributed by atoms with Crippen LogP contribution in [-0.2, 0) is 17.9 Å². The number of pyridine rings is 1. The van der Waals surface area contributed by atoms with Crippen LogP contribution in [0.5, 0.6) is 0 Å². The molecule has 2 aliphatic heterocycles. The van der Waals surface area contributed by atoms with Gasteiger partial charge in [-0.05, 0) is 36.6 Å². The van der Waals surface area contributed by atoms with Gasteiger partial charge in [0.1, 0.15) is 17.3 Å². The summed E-state index contributed by atoms with van der Waals surface area (Å²) in [5, 5.41) is 12.7. The molecule has 2 aliphatic rings. The molecule has 3 aromatic rings. The third kappa shape index (κ3) is 4.07. The molecule has 2 atom stereocenters. The van der Waals surface area contributed by atoms with Gasteiger partial charge in [-0.2, -0.15) is 0 Å². The number of benzene rings is 1. The number of nitrogens with zero attached hydrogens (tertiary/aromatic N) is 3. The molecule has 0 saturated carbocycles. The molecule has 10 heteroatoms. The molecule has 3 N–H and O–H groups in total. The van der Waals surface area contributed by atoms with Crippen molar-refractivity contribution in [1.29, 1.82) is 0 Å². The third-order valence-corrected chi connectivity index (χ3v) is 6.65. The molecule has 172 valence electrons. The number of hydrogen-bond acceptors (Lipinski definition) is 5. The number of carbonyl (C=O) groups excluding carboxylic acids is 2. The predicted molar refractivity (Wildman–Crippen MR) is 114 cm³/mol. The van der Waals surface area contributed by atoms with E-state index in [2.05, 4.69) is 15.2 Å². The molecule has 5 rings (SSSR count). The van der Waals surface area contributed by atoms with E-state index in [9.17, 15) is 18.4 Å². The van der Waals surface area contributed by atoms with E-state index in [1.54, 1.807) is 11.5 Å². The smallest absolute Gasteiger partial charge is 0.293 e. The molecule has 33 heavy (non-hydrogen) atoms. The number of aromatic nitrogens is 2. The van der Waals surface area contributed by atoms with Crippen molar-refractivity contribution in [2.24, 2.45) is 11.8 Å². The van der Waals surface area contributed by atoms with E-state index in [4.69, 9.17) is 5.21 Å². The van der Waals surface area contributed by atoms with Gasteiger partial charge in [0.25, 0.3) is 5.91 Å². The van der Waals surface area contributed by atoms with Crippen LogP contribution in [0.2, 0.25) is 0 Å². The quantitative estimate of drug-likeness (QED) is 0.404. The van der Waals surface area contributed by atoms with Gasteiger partial charge >= 0.3 is 0 Å². The lowest BCUT2D eigenvalue weighted by molar-refractivity contribution is -0.124. The second-order valence-corrected chi connectivity index (χ2v) is 8.68. The Labute approximate surface area is 188 Å². The number of fused-ring (bicyclic) bond motifs is 2. The van der Waals surface area contributed by atoms with E-state index in [1.165, 1.54) is 18.3 Å². The van der Waals surface area contributed by atoms with E-state index in [0.717, 1.165) is 36.5 Å². The molecule has 4 heterocycles. The second kappa shape index (κ2) is 8.53. The topological polar surface area (TPSA) is 99.5 Å². The fourth-order valence-corrected chi connectivity index (χ4v) is 4.89. The third-order valence-electron chi connectivity index (χ3n) is 6.65. The monoisotopic (exact) mass is 455 g/mol. The number of amides is 2. The number of rotatable bonds is 5. The minimum atomic E-state index is -0.733. The molecule has 0 aliphatic carbocycles. The number of nitrogens with one attached hydrogen (secondary N) is 2. The second-order valence-electron chi connectivity index (χ2n) is 8.68. The van der Waals surface area contributed by atoms with Gasteiger partial charge < -0.3 is 9.88 Å². The van der Waals surface area contributed by atoms with E-state index in [1.807, 2.05) is 10.8 Å². The summed E-state index contributed by atoms with van der Waals surface area (Å²) in [7, 11) is 0. The van der Waals surface area contributed by atoms with Crippen LogP contribution in [0.15, 0.2) is 36.7 Å². The first kappa shape index (κ1) is 21.5. The zero-order valence-corrected chi connectivity index (χ0v) is 17.7. The van der Waals surface area contributed by atoms with Gasteiger partial charge in [0.15, 0.2) is 0 Å². The summed E-state index contributed by atoms with van der Waals surface area (Å²) in [6.07, 6.45) is 4.29. The Morgan fingerprint density at radius 2 is 2.09 bits per heavy atom. The van der Waals surface area contributed by atoms with Gasteiger partial charge in [-0.1, -0.05) is 6.07 Å². The van der Waals surface area contributed by atoms with Crippen molar-refractivity contribution in [2.75, 3.05) is 19.6 Å². The highest BCUT2D eigenvalue weighted by Gasteiger charge is 2.38. The van der Waals surface area contributed by atoms with E-state index >= 15 is 0 Å². The number of likely N-dealkylation sites (tertiary alicyclic amines) is 1. The molecule has 8 nitrogen and oxygen atoms in total. The summed E-state index contributed by atoms with van der Waals surface area (Å²) in [5.41, 5.74) is 3.52. The van der Waals surface area contributed by atoms with Crippen LogP contribution in [-0.4, -0.2) is 51.1 Å². The maximum atomic E-state index is 14.3. The van der Waals surface area contributed by atoms with Crippen LogP contribution >= 0.6 is 0 Å². The Bertz CT molecular complexity index is 1240. The lowest BCUT2D eigenvalue weighted by atomic mass is 9.88. The Balaban J connectivity index is 1.49. The number of hydroxylamine groups is 1. The van der Waals surface area contributed by atoms with E-state index < -0.39 is 17.5 Å². The molecule has 2 aromatic heterocycles. The Hall–Kier alpha value is -3.37. The van der Waals surface area contributed by atoms with Crippen molar-refractivity contribution >= 4 is 22.7 Å². The van der Waals surface area contributed by atoms with Crippen molar-refractivity contribution < 1.29 is 23.6 Å². The van der Waals surface area contributed by atoms with Gasteiger partial charge in [-0.15, -0.1) is 0 Å². The average molecular weight is 455 g/mol. The number of piperidine rings is 1. The summed E-state index contributed by atoms with van der Waals surface area (Å²) in [4.78, 5) is 30.4. The van der Waals surface area contributed by atoms with Crippen LogP contribution in [0.25, 0.3) is 10.9 Å². The lowest BCUT2D eigenvalue weighted by Crippen LogP contribution is -2.40. The highest BCUT2D eigenvalue weighted by molar-refractivity contribution is 5.96. The normalized spacial score (nSPS) is 20.6. The van der Waals surface area contributed by atoms with E-state index in [0.29, 0.717) is 30.1 Å². The molecular weight excluding hydrogens is 432 g/mol. The van der Waals surface area contributed by atoms with Crippen molar-refractivity contribution in [3.63, 3.8) is 0 Å². The fraction of sp³-hybridized carbons (Fsp3) is 0.348. The number of halogens is 2.